The molecule has 0 saturated carbocycles. The fourth-order valence-electron chi connectivity index (χ4n) is 2.22. The number of rotatable bonds is 4. The average Bonchev–Trinajstić information content (AvgIpc) is 2.46. The van der Waals surface area contributed by atoms with Crippen LogP contribution in [0, 0.1) is 5.92 Å². The molecule has 0 aliphatic carbocycles. The van der Waals surface area contributed by atoms with Gasteiger partial charge in [0.05, 0.1) is 0 Å². The molecule has 4 heteroatoms. The van der Waals surface area contributed by atoms with E-state index in [-0.39, 0.29) is 11.8 Å². The summed E-state index contributed by atoms with van der Waals surface area (Å²) in [6.07, 6.45) is 5.71. The van der Waals surface area contributed by atoms with Crippen molar-refractivity contribution in [2.75, 3.05) is 18.0 Å². The molecule has 1 N–H and O–H groups in total. The summed E-state index contributed by atoms with van der Waals surface area (Å²) in [5.74, 6) is 1.17. The topological polar surface area (TPSA) is 45.2 Å². The molecule has 2 heterocycles. The minimum atomic E-state index is 0.0283. The van der Waals surface area contributed by atoms with Gasteiger partial charge in [0.1, 0.15) is 5.82 Å². The number of hydrogen-bond donors (Lipinski definition) is 1. The minimum Gasteiger partial charge on any atom is -0.357 e. The van der Waals surface area contributed by atoms with Gasteiger partial charge >= 0.3 is 0 Å². The number of nitrogens with zero attached hydrogens (tertiary/aromatic N) is 2. The van der Waals surface area contributed by atoms with Crippen molar-refractivity contribution >= 4 is 11.7 Å². The predicted molar refractivity (Wildman–Crippen MR) is 77.0 cm³/mol. The van der Waals surface area contributed by atoms with Gasteiger partial charge in [-0.15, -0.1) is 0 Å². The maximum atomic E-state index is 11.5. The van der Waals surface area contributed by atoms with E-state index in [1.165, 1.54) is 19.3 Å². The first-order valence-corrected chi connectivity index (χ1v) is 7.14. The quantitative estimate of drug-likeness (QED) is 0.905. The fourth-order valence-corrected chi connectivity index (χ4v) is 2.22. The molecule has 0 spiro atoms. The molecule has 4 nitrogen and oxygen atoms in total. The van der Waals surface area contributed by atoms with E-state index in [2.05, 4.69) is 27.3 Å². The third kappa shape index (κ3) is 3.94. The minimum absolute atomic E-state index is 0.0283. The van der Waals surface area contributed by atoms with Crippen molar-refractivity contribution < 1.29 is 4.79 Å². The van der Waals surface area contributed by atoms with Crippen molar-refractivity contribution in [3.8, 4) is 0 Å². The molecule has 0 unspecified atom stereocenters. The molecular formula is C15H23N3O. The number of pyridine rings is 1. The third-order valence-corrected chi connectivity index (χ3v) is 3.48. The van der Waals surface area contributed by atoms with E-state index >= 15 is 0 Å². The lowest BCUT2D eigenvalue weighted by Gasteiger charge is -2.27. The van der Waals surface area contributed by atoms with Gasteiger partial charge in [0.15, 0.2) is 0 Å². The molecule has 1 aromatic heterocycles. The summed E-state index contributed by atoms with van der Waals surface area (Å²) < 4.78 is 0. The molecule has 1 aliphatic heterocycles. The van der Waals surface area contributed by atoms with Crippen LogP contribution in [0.25, 0.3) is 0 Å². The number of hydrogen-bond acceptors (Lipinski definition) is 3. The molecule has 1 aromatic rings. The Morgan fingerprint density at radius 2 is 2.05 bits per heavy atom. The highest BCUT2D eigenvalue weighted by Gasteiger charge is 2.12. The Hall–Kier alpha value is -1.58. The van der Waals surface area contributed by atoms with Gasteiger partial charge in [0.2, 0.25) is 5.91 Å². The van der Waals surface area contributed by atoms with E-state index in [1.807, 2.05) is 20.0 Å². The molecular weight excluding hydrogens is 238 g/mol. The van der Waals surface area contributed by atoms with Crippen molar-refractivity contribution in [3.63, 3.8) is 0 Å². The monoisotopic (exact) mass is 261 g/mol. The lowest BCUT2D eigenvalue weighted by molar-refractivity contribution is -0.124. The maximum Gasteiger partial charge on any atom is 0.222 e. The van der Waals surface area contributed by atoms with Crippen LogP contribution in [0.1, 0.15) is 38.7 Å². The van der Waals surface area contributed by atoms with Crippen LogP contribution in [-0.2, 0) is 11.3 Å². The second-order valence-electron chi connectivity index (χ2n) is 5.44. The lowest BCUT2D eigenvalue weighted by atomic mass is 10.1. The number of carbonyl (C=O) groups is 1. The lowest BCUT2D eigenvalue weighted by Crippen LogP contribution is -2.30. The first-order valence-electron chi connectivity index (χ1n) is 7.14. The molecule has 19 heavy (non-hydrogen) atoms. The van der Waals surface area contributed by atoms with Crippen LogP contribution in [0.15, 0.2) is 18.3 Å². The van der Waals surface area contributed by atoms with Gasteiger partial charge in [-0.2, -0.15) is 0 Å². The molecule has 0 aromatic carbocycles. The van der Waals surface area contributed by atoms with Gasteiger partial charge in [-0.1, -0.05) is 19.9 Å². The van der Waals surface area contributed by atoms with Gasteiger partial charge in [-0.05, 0) is 30.9 Å². The fraction of sp³-hybridized carbons (Fsp3) is 0.600. The Bertz CT molecular complexity index is 408. The standard InChI is InChI=1S/C15H23N3O/c1-12(2)15(19)17-11-13-6-7-14(16-10-13)18-8-4-3-5-9-18/h6-7,10,12H,3-5,8-9,11H2,1-2H3,(H,17,19). The maximum absolute atomic E-state index is 11.5. The van der Waals surface area contributed by atoms with Crippen molar-refractivity contribution in [3.05, 3.63) is 23.9 Å². The smallest absolute Gasteiger partial charge is 0.222 e. The molecule has 0 bridgehead atoms. The molecule has 1 saturated heterocycles. The van der Waals surface area contributed by atoms with E-state index < -0.39 is 0 Å². The van der Waals surface area contributed by atoms with E-state index in [9.17, 15) is 4.79 Å². The largest absolute Gasteiger partial charge is 0.357 e. The van der Waals surface area contributed by atoms with Gasteiger partial charge in [0.25, 0.3) is 0 Å². The second kappa shape index (κ2) is 6.55. The zero-order valence-corrected chi connectivity index (χ0v) is 11.9. The van der Waals surface area contributed by atoms with Gasteiger partial charge in [-0.3, -0.25) is 4.79 Å². The molecule has 2 rings (SSSR count). The molecule has 104 valence electrons. The molecule has 0 radical (unpaired) electrons. The highest BCUT2D eigenvalue weighted by atomic mass is 16.1. The van der Waals surface area contributed by atoms with Crippen molar-refractivity contribution in [1.82, 2.24) is 10.3 Å². The molecule has 1 amide bonds. The van der Waals surface area contributed by atoms with Gasteiger partial charge in [-0.25, -0.2) is 4.98 Å². The third-order valence-electron chi connectivity index (χ3n) is 3.48. The Morgan fingerprint density at radius 1 is 1.32 bits per heavy atom. The van der Waals surface area contributed by atoms with Crippen LogP contribution in [0.5, 0.6) is 0 Å². The van der Waals surface area contributed by atoms with Crippen LogP contribution in [0.2, 0.25) is 0 Å². The summed E-state index contributed by atoms with van der Waals surface area (Å²) in [6, 6.07) is 4.11. The summed E-state index contributed by atoms with van der Waals surface area (Å²) in [5, 5.41) is 2.90. The molecule has 0 atom stereocenters. The summed E-state index contributed by atoms with van der Waals surface area (Å²) in [7, 11) is 0. The van der Waals surface area contributed by atoms with Crippen LogP contribution in [-0.4, -0.2) is 24.0 Å². The first kappa shape index (κ1) is 13.8. The number of nitrogens with one attached hydrogen (secondary N) is 1. The predicted octanol–water partition coefficient (Wildman–Crippen LogP) is 2.34. The number of carbonyl (C=O) groups excluding carboxylic acids is 1. The second-order valence-corrected chi connectivity index (χ2v) is 5.44. The van der Waals surface area contributed by atoms with Crippen LogP contribution in [0.3, 0.4) is 0 Å². The first-order chi connectivity index (χ1) is 9.16. The number of aromatic nitrogens is 1. The Kier molecular flexibility index (Phi) is 4.77. The highest BCUT2D eigenvalue weighted by Crippen LogP contribution is 2.17. The summed E-state index contributed by atoms with van der Waals surface area (Å²) in [4.78, 5) is 18.3. The Morgan fingerprint density at radius 3 is 2.63 bits per heavy atom. The summed E-state index contributed by atoms with van der Waals surface area (Å²) in [5.41, 5.74) is 1.05. The summed E-state index contributed by atoms with van der Waals surface area (Å²) in [6.45, 7) is 6.57. The van der Waals surface area contributed by atoms with Crippen LogP contribution < -0.4 is 10.2 Å². The highest BCUT2D eigenvalue weighted by molar-refractivity contribution is 5.77. The number of piperidine rings is 1. The van der Waals surface area contributed by atoms with Gasteiger partial charge < -0.3 is 10.2 Å². The van der Waals surface area contributed by atoms with Crippen LogP contribution >= 0.6 is 0 Å². The van der Waals surface area contributed by atoms with Gasteiger partial charge in [0, 0.05) is 31.7 Å². The van der Waals surface area contributed by atoms with E-state index in [1.54, 1.807) is 0 Å². The SMILES string of the molecule is CC(C)C(=O)NCc1ccc(N2CCCCC2)nc1. The summed E-state index contributed by atoms with van der Waals surface area (Å²) >= 11 is 0. The normalized spacial score (nSPS) is 15.6. The van der Waals surface area contributed by atoms with E-state index in [0.717, 1.165) is 24.5 Å². The Labute approximate surface area is 115 Å². The number of anilines is 1. The zero-order chi connectivity index (χ0) is 13.7. The zero-order valence-electron chi connectivity index (χ0n) is 11.9. The number of amides is 1. The van der Waals surface area contributed by atoms with Crippen LogP contribution in [0.4, 0.5) is 5.82 Å². The molecule has 1 aliphatic rings. The average molecular weight is 261 g/mol. The van der Waals surface area contributed by atoms with E-state index in [0.29, 0.717) is 6.54 Å². The Balaban J connectivity index is 1.89. The van der Waals surface area contributed by atoms with Crippen molar-refractivity contribution in [2.45, 2.75) is 39.7 Å². The van der Waals surface area contributed by atoms with Crippen molar-refractivity contribution in [1.29, 1.82) is 0 Å². The van der Waals surface area contributed by atoms with Crippen molar-refractivity contribution in [2.24, 2.45) is 5.92 Å². The van der Waals surface area contributed by atoms with E-state index in [4.69, 9.17) is 0 Å². The molecule has 1 fully saturated rings.